The molecule has 6 heteroatoms. The smallest absolute Gasteiger partial charge is 0.193 e. The molecule has 0 aromatic carbocycles. The fourth-order valence-corrected chi connectivity index (χ4v) is 4.73. The summed E-state index contributed by atoms with van der Waals surface area (Å²) in [5, 5.41) is 3.61. The molecule has 0 bridgehead atoms. The summed E-state index contributed by atoms with van der Waals surface area (Å²) in [6, 6.07) is 5.74. The Bertz CT molecular complexity index is 587. The number of hydrogen-bond acceptors (Lipinski definition) is 3. The molecule has 0 spiro atoms. The molecule has 4 rings (SSSR count). The number of fused-ring (bicyclic) bond motifs is 1. The quantitative estimate of drug-likeness (QED) is 0.378. The van der Waals surface area contributed by atoms with Gasteiger partial charge in [-0.3, -0.25) is 9.89 Å². The predicted molar refractivity (Wildman–Crippen MR) is 121 cm³/mol. The highest BCUT2D eigenvalue weighted by molar-refractivity contribution is 14.0. The molecule has 2 atom stereocenters. The van der Waals surface area contributed by atoms with E-state index in [2.05, 4.69) is 22.0 Å². The number of rotatable bonds is 6. The zero-order valence-corrected chi connectivity index (χ0v) is 18.9. The molecule has 2 saturated heterocycles. The van der Waals surface area contributed by atoms with Gasteiger partial charge in [0.15, 0.2) is 5.96 Å². The Morgan fingerprint density at radius 3 is 2.89 bits per heavy atom. The summed E-state index contributed by atoms with van der Waals surface area (Å²) < 4.78 is 5.45. The number of furan rings is 1. The minimum Gasteiger partial charge on any atom is -0.469 e. The number of hydrogen-bond donors (Lipinski definition) is 1. The van der Waals surface area contributed by atoms with Crippen molar-refractivity contribution in [2.45, 2.75) is 64.0 Å². The monoisotopic (exact) mass is 486 g/mol. The van der Waals surface area contributed by atoms with Crippen molar-refractivity contribution in [1.82, 2.24) is 15.1 Å². The maximum absolute atomic E-state index is 5.45. The second kappa shape index (κ2) is 10.1. The Morgan fingerprint density at radius 2 is 2.15 bits per heavy atom. The molecule has 2 aliphatic heterocycles. The van der Waals surface area contributed by atoms with Gasteiger partial charge >= 0.3 is 0 Å². The largest absolute Gasteiger partial charge is 0.469 e. The number of likely N-dealkylation sites (tertiary alicyclic amines) is 2. The van der Waals surface area contributed by atoms with Crippen molar-refractivity contribution in [2.24, 2.45) is 10.9 Å². The summed E-state index contributed by atoms with van der Waals surface area (Å²) in [4.78, 5) is 10.2. The number of piperidine rings is 2. The van der Waals surface area contributed by atoms with Crippen molar-refractivity contribution >= 4 is 29.9 Å². The Labute approximate surface area is 181 Å². The van der Waals surface area contributed by atoms with Gasteiger partial charge in [0.1, 0.15) is 5.76 Å². The second-order valence-corrected chi connectivity index (χ2v) is 8.13. The predicted octanol–water partition coefficient (Wildman–Crippen LogP) is 3.74. The van der Waals surface area contributed by atoms with E-state index in [1.54, 1.807) is 6.26 Å². The first-order valence-corrected chi connectivity index (χ1v) is 10.7. The lowest BCUT2D eigenvalue weighted by Gasteiger charge is -2.48. The summed E-state index contributed by atoms with van der Waals surface area (Å²) in [5.41, 5.74) is 0. The lowest BCUT2D eigenvalue weighted by Crippen LogP contribution is -2.57. The highest BCUT2D eigenvalue weighted by atomic mass is 127. The van der Waals surface area contributed by atoms with E-state index in [9.17, 15) is 0 Å². The zero-order valence-electron chi connectivity index (χ0n) is 16.6. The molecule has 1 aromatic rings. The third kappa shape index (κ3) is 5.40. The molecule has 3 aliphatic rings. The van der Waals surface area contributed by atoms with Crippen LogP contribution < -0.4 is 5.32 Å². The van der Waals surface area contributed by atoms with E-state index in [1.807, 2.05) is 12.1 Å². The van der Waals surface area contributed by atoms with Crippen LogP contribution in [-0.2, 0) is 6.42 Å². The third-order valence-corrected chi connectivity index (χ3v) is 6.15. The van der Waals surface area contributed by atoms with Crippen LogP contribution in [-0.4, -0.2) is 60.6 Å². The highest BCUT2D eigenvalue weighted by Crippen LogP contribution is 2.38. The highest BCUT2D eigenvalue weighted by Gasteiger charge is 2.42. The van der Waals surface area contributed by atoms with Crippen LogP contribution in [0.25, 0.3) is 0 Å². The van der Waals surface area contributed by atoms with Gasteiger partial charge in [0, 0.05) is 44.7 Å². The summed E-state index contributed by atoms with van der Waals surface area (Å²) in [5.74, 6) is 2.97. The number of guanidine groups is 1. The second-order valence-electron chi connectivity index (χ2n) is 8.13. The van der Waals surface area contributed by atoms with Gasteiger partial charge in [-0.05, 0) is 63.1 Å². The number of aliphatic imine (C=N–C) groups is 1. The average molecular weight is 486 g/mol. The van der Waals surface area contributed by atoms with Crippen molar-refractivity contribution in [3.05, 3.63) is 24.2 Å². The maximum Gasteiger partial charge on any atom is 0.193 e. The van der Waals surface area contributed by atoms with Crippen LogP contribution >= 0.6 is 24.0 Å². The van der Waals surface area contributed by atoms with Gasteiger partial charge in [0.2, 0.25) is 0 Å². The van der Waals surface area contributed by atoms with Crippen molar-refractivity contribution in [3.8, 4) is 0 Å². The summed E-state index contributed by atoms with van der Waals surface area (Å²) >= 11 is 0. The first kappa shape index (κ1) is 21.0. The summed E-state index contributed by atoms with van der Waals surface area (Å²) in [6.07, 6.45) is 10.7. The Hall–Kier alpha value is -0.760. The molecule has 0 amide bonds. The first-order chi connectivity index (χ1) is 12.8. The molecule has 2 unspecified atom stereocenters. The molecule has 5 nitrogen and oxygen atoms in total. The molecule has 0 radical (unpaired) electrons. The van der Waals surface area contributed by atoms with Crippen molar-refractivity contribution in [3.63, 3.8) is 0 Å². The average Bonchev–Trinajstić information content (AvgIpc) is 3.39. The number of nitrogens with one attached hydrogen (secondary N) is 1. The van der Waals surface area contributed by atoms with Crippen LogP contribution in [0.2, 0.25) is 0 Å². The molecule has 1 aromatic heterocycles. The minimum absolute atomic E-state index is 0. The van der Waals surface area contributed by atoms with E-state index < -0.39 is 0 Å². The van der Waals surface area contributed by atoms with Gasteiger partial charge in [-0.2, -0.15) is 0 Å². The zero-order chi connectivity index (χ0) is 17.8. The van der Waals surface area contributed by atoms with Gasteiger partial charge in [-0.1, -0.05) is 6.92 Å². The van der Waals surface area contributed by atoms with Crippen molar-refractivity contribution in [1.29, 1.82) is 0 Å². The molecule has 1 aliphatic carbocycles. The van der Waals surface area contributed by atoms with E-state index in [0.717, 1.165) is 62.2 Å². The van der Waals surface area contributed by atoms with Gasteiger partial charge in [-0.25, -0.2) is 0 Å². The van der Waals surface area contributed by atoms with Crippen molar-refractivity contribution < 1.29 is 4.42 Å². The summed E-state index contributed by atoms with van der Waals surface area (Å²) in [7, 11) is 0. The number of halogens is 1. The fourth-order valence-electron chi connectivity index (χ4n) is 4.73. The van der Waals surface area contributed by atoms with Gasteiger partial charge in [-0.15, -0.1) is 24.0 Å². The van der Waals surface area contributed by atoms with Crippen LogP contribution in [0.1, 0.15) is 51.2 Å². The topological polar surface area (TPSA) is 44.0 Å². The van der Waals surface area contributed by atoms with Gasteiger partial charge in [0.05, 0.1) is 6.26 Å². The molecule has 3 fully saturated rings. The Morgan fingerprint density at radius 1 is 1.26 bits per heavy atom. The fraction of sp³-hybridized carbons (Fsp3) is 0.762. The van der Waals surface area contributed by atoms with E-state index in [-0.39, 0.29) is 24.0 Å². The molecule has 27 heavy (non-hydrogen) atoms. The van der Waals surface area contributed by atoms with E-state index in [1.165, 1.54) is 45.2 Å². The van der Waals surface area contributed by atoms with Crippen molar-refractivity contribution in [2.75, 3.05) is 32.7 Å². The third-order valence-electron chi connectivity index (χ3n) is 6.15. The first-order valence-electron chi connectivity index (χ1n) is 10.7. The standard InChI is InChI=1S/C21H34N4O.HI/c1-2-11-22-21(23-12-9-19-6-4-15-26-19)24-14-10-20-17(16-24)5-3-13-25(20)18-7-8-18;/h4,6,15,17-18,20H,2-3,5,7-14,16H2,1H3,(H,22,23);1H. The Balaban J connectivity index is 0.00000210. The lowest BCUT2D eigenvalue weighted by atomic mass is 9.83. The van der Waals surface area contributed by atoms with E-state index in [4.69, 9.17) is 9.41 Å². The summed E-state index contributed by atoms with van der Waals surface area (Å²) in [6.45, 7) is 7.64. The molecule has 1 N–H and O–H groups in total. The molecular weight excluding hydrogens is 451 g/mol. The van der Waals surface area contributed by atoms with Crippen LogP contribution in [0.4, 0.5) is 0 Å². The van der Waals surface area contributed by atoms with Crippen LogP contribution in [0, 0.1) is 5.92 Å². The normalized spacial score (nSPS) is 26.4. The molecule has 152 valence electrons. The van der Waals surface area contributed by atoms with Crippen LogP contribution in [0.15, 0.2) is 27.8 Å². The maximum atomic E-state index is 5.45. The Kier molecular flexibility index (Phi) is 7.87. The molecular formula is C21H35IN4O. The van der Waals surface area contributed by atoms with Crippen LogP contribution in [0.5, 0.6) is 0 Å². The van der Waals surface area contributed by atoms with E-state index in [0.29, 0.717) is 0 Å². The number of nitrogens with zero attached hydrogens (tertiary/aromatic N) is 3. The lowest BCUT2D eigenvalue weighted by molar-refractivity contribution is 0.0369. The van der Waals surface area contributed by atoms with Gasteiger partial charge in [0.25, 0.3) is 0 Å². The minimum atomic E-state index is 0. The van der Waals surface area contributed by atoms with Gasteiger partial charge < -0.3 is 14.6 Å². The van der Waals surface area contributed by atoms with E-state index >= 15 is 0 Å². The SMILES string of the molecule is CCCN=C(NCCc1ccco1)N1CCC2C(CCCN2C2CC2)C1.I. The molecule has 3 heterocycles. The molecule has 1 saturated carbocycles. The van der Waals surface area contributed by atoms with Crippen LogP contribution in [0.3, 0.4) is 0 Å².